The summed E-state index contributed by atoms with van der Waals surface area (Å²) < 4.78 is 28.4. The van der Waals surface area contributed by atoms with Gasteiger partial charge in [0.1, 0.15) is 4.90 Å². The van der Waals surface area contributed by atoms with E-state index in [1.54, 1.807) is 10.4 Å². The van der Waals surface area contributed by atoms with E-state index >= 15 is 0 Å². The molecule has 1 aliphatic rings. The third-order valence-corrected chi connectivity index (χ3v) is 7.53. The summed E-state index contributed by atoms with van der Waals surface area (Å²) in [5.41, 5.74) is 0. The van der Waals surface area contributed by atoms with Crippen molar-refractivity contribution < 1.29 is 8.42 Å². The summed E-state index contributed by atoms with van der Waals surface area (Å²) >= 11 is 8.03. The molecule has 2 heterocycles. The van der Waals surface area contributed by atoms with E-state index in [2.05, 4.69) is 37.2 Å². The largest absolute Gasteiger partial charge is 0.313 e. The highest BCUT2D eigenvalue weighted by molar-refractivity contribution is 9.12. The zero-order valence-corrected chi connectivity index (χ0v) is 14.6. The molecule has 0 amide bonds. The molecule has 2 rings (SSSR count). The first-order chi connectivity index (χ1) is 8.46. The van der Waals surface area contributed by atoms with Crippen molar-refractivity contribution >= 4 is 53.2 Å². The van der Waals surface area contributed by atoms with E-state index in [-0.39, 0.29) is 6.04 Å². The maximum Gasteiger partial charge on any atom is 0.245 e. The Balaban J connectivity index is 2.35. The van der Waals surface area contributed by atoms with Crippen LogP contribution in [0.15, 0.2) is 18.5 Å². The van der Waals surface area contributed by atoms with Crippen molar-refractivity contribution in [3.8, 4) is 0 Å². The summed E-state index contributed by atoms with van der Waals surface area (Å²) in [6, 6.07) is 1.75. The van der Waals surface area contributed by atoms with Gasteiger partial charge in [-0.3, -0.25) is 0 Å². The van der Waals surface area contributed by atoms with Gasteiger partial charge in [-0.2, -0.15) is 4.31 Å². The molecule has 0 bridgehead atoms. The normalized spacial score (nSPS) is 17.1. The lowest BCUT2D eigenvalue weighted by atomic mass is 10.2. The Hall–Kier alpha value is 0.530. The second kappa shape index (κ2) is 5.88. The first kappa shape index (κ1) is 14.9. The van der Waals surface area contributed by atoms with Crippen LogP contribution in [-0.4, -0.2) is 38.4 Å². The summed E-state index contributed by atoms with van der Waals surface area (Å²) in [6.45, 7) is 4.03. The average molecular weight is 418 g/mol. The molecule has 8 heteroatoms. The van der Waals surface area contributed by atoms with E-state index in [1.807, 2.05) is 6.92 Å². The number of sulfonamides is 1. The first-order valence-electron chi connectivity index (χ1n) is 5.64. The molecule has 1 aromatic heterocycles. The summed E-state index contributed by atoms with van der Waals surface area (Å²) in [5.74, 6) is 0. The van der Waals surface area contributed by atoms with Crippen molar-refractivity contribution in [1.29, 1.82) is 0 Å². The van der Waals surface area contributed by atoms with Gasteiger partial charge in [-0.15, -0.1) is 11.3 Å². The van der Waals surface area contributed by atoms with Crippen LogP contribution in [0.2, 0.25) is 0 Å². The molecule has 0 aromatic carbocycles. The highest BCUT2D eigenvalue weighted by Gasteiger charge is 2.35. The van der Waals surface area contributed by atoms with Crippen molar-refractivity contribution in [2.24, 2.45) is 0 Å². The predicted octanol–water partition coefficient (Wildman–Crippen LogP) is 2.65. The molecule has 4 nitrogen and oxygen atoms in total. The average Bonchev–Trinajstić information content (AvgIpc) is 2.55. The van der Waals surface area contributed by atoms with Crippen LogP contribution in [0, 0.1) is 0 Å². The Morgan fingerprint density at radius 2 is 2.17 bits per heavy atom. The first-order valence-corrected chi connectivity index (χ1v) is 9.48. The third kappa shape index (κ3) is 2.83. The smallest absolute Gasteiger partial charge is 0.245 e. The van der Waals surface area contributed by atoms with E-state index in [1.165, 1.54) is 11.3 Å². The van der Waals surface area contributed by atoms with E-state index in [0.29, 0.717) is 15.2 Å². The lowest BCUT2D eigenvalue weighted by Crippen LogP contribution is -2.58. The highest BCUT2D eigenvalue weighted by atomic mass is 79.9. The lowest BCUT2D eigenvalue weighted by Gasteiger charge is -2.37. The predicted molar refractivity (Wildman–Crippen MR) is 80.6 cm³/mol. The molecule has 0 unspecified atom stereocenters. The fraction of sp³-hybridized carbons (Fsp3) is 0.600. The van der Waals surface area contributed by atoms with Gasteiger partial charge < -0.3 is 5.32 Å². The van der Waals surface area contributed by atoms with Crippen molar-refractivity contribution in [2.75, 3.05) is 19.6 Å². The Bertz CT molecular complexity index is 526. The van der Waals surface area contributed by atoms with Crippen LogP contribution >= 0.6 is 43.2 Å². The Morgan fingerprint density at radius 3 is 2.56 bits per heavy atom. The molecule has 1 fully saturated rings. The van der Waals surface area contributed by atoms with Crippen LogP contribution in [0.5, 0.6) is 0 Å². The molecular formula is C10H14Br2N2O2S2. The van der Waals surface area contributed by atoms with E-state index in [0.717, 1.165) is 23.3 Å². The molecule has 1 saturated heterocycles. The Labute approximate surface area is 128 Å². The maximum atomic E-state index is 12.6. The number of halogens is 2. The molecule has 18 heavy (non-hydrogen) atoms. The number of rotatable bonds is 5. The zero-order chi connectivity index (χ0) is 13.3. The molecule has 0 atom stereocenters. The van der Waals surface area contributed by atoms with Gasteiger partial charge in [0, 0.05) is 19.6 Å². The Morgan fingerprint density at radius 1 is 1.50 bits per heavy atom. The van der Waals surface area contributed by atoms with Crippen molar-refractivity contribution in [3.05, 3.63) is 13.6 Å². The molecule has 1 N–H and O–H groups in total. The third-order valence-electron chi connectivity index (χ3n) is 2.82. The second-order valence-electron chi connectivity index (χ2n) is 4.12. The molecule has 1 aliphatic heterocycles. The van der Waals surface area contributed by atoms with Crippen LogP contribution in [0.25, 0.3) is 0 Å². The fourth-order valence-corrected chi connectivity index (χ4v) is 7.30. The summed E-state index contributed by atoms with van der Waals surface area (Å²) in [4.78, 5) is 0.361. The van der Waals surface area contributed by atoms with E-state index in [9.17, 15) is 8.42 Å². The lowest BCUT2D eigenvalue weighted by molar-refractivity contribution is 0.242. The van der Waals surface area contributed by atoms with Gasteiger partial charge in [-0.1, -0.05) is 6.92 Å². The van der Waals surface area contributed by atoms with Crippen LogP contribution in [0.1, 0.15) is 13.3 Å². The van der Waals surface area contributed by atoms with Gasteiger partial charge in [-0.05, 0) is 44.3 Å². The second-order valence-corrected chi connectivity index (χ2v) is 9.72. The van der Waals surface area contributed by atoms with E-state index < -0.39 is 10.0 Å². The minimum Gasteiger partial charge on any atom is -0.313 e. The van der Waals surface area contributed by atoms with Crippen LogP contribution in [-0.2, 0) is 10.0 Å². The molecule has 1 aromatic rings. The minimum atomic E-state index is -3.41. The van der Waals surface area contributed by atoms with Crippen molar-refractivity contribution in [1.82, 2.24) is 9.62 Å². The summed E-state index contributed by atoms with van der Waals surface area (Å²) in [7, 11) is -3.41. The van der Waals surface area contributed by atoms with Crippen molar-refractivity contribution in [3.63, 3.8) is 0 Å². The van der Waals surface area contributed by atoms with Crippen molar-refractivity contribution in [2.45, 2.75) is 24.3 Å². The van der Waals surface area contributed by atoms with Crippen LogP contribution in [0.3, 0.4) is 0 Å². The van der Waals surface area contributed by atoms with Gasteiger partial charge in [0.25, 0.3) is 0 Å². The fourth-order valence-electron chi connectivity index (χ4n) is 1.82. The zero-order valence-electron chi connectivity index (χ0n) is 9.82. The topological polar surface area (TPSA) is 49.4 Å². The molecular weight excluding hydrogens is 404 g/mol. The number of nitrogens with one attached hydrogen (secondary N) is 1. The number of thiophene rings is 1. The minimum absolute atomic E-state index is 0.0838. The summed E-state index contributed by atoms with van der Waals surface area (Å²) in [6.07, 6.45) is 0.818. The Kier molecular flexibility index (Phi) is 4.88. The molecule has 0 saturated carbocycles. The van der Waals surface area contributed by atoms with Crippen LogP contribution in [0.4, 0.5) is 0 Å². The summed E-state index contributed by atoms with van der Waals surface area (Å²) in [5, 5.41) is 3.12. The standard InChI is InChI=1S/C10H14Br2N2O2S2/c1-2-3-14(7-5-13-6-7)18(15,16)8-4-9(11)17-10(8)12/h4,7,13H,2-3,5-6H2,1H3. The van der Waals surface area contributed by atoms with Gasteiger partial charge in [0.05, 0.1) is 13.6 Å². The molecule has 0 aliphatic carbocycles. The van der Waals surface area contributed by atoms with E-state index in [4.69, 9.17) is 0 Å². The molecule has 0 spiro atoms. The van der Waals surface area contributed by atoms with Gasteiger partial charge in [0.15, 0.2) is 0 Å². The number of hydrogen-bond donors (Lipinski definition) is 1. The monoisotopic (exact) mass is 416 g/mol. The number of nitrogens with zero attached hydrogens (tertiary/aromatic N) is 1. The highest BCUT2D eigenvalue weighted by Crippen LogP contribution is 2.37. The van der Waals surface area contributed by atoms with Gasteiger partial charge >= 0.3 is 0 Å². The maximum absolute atomic E-state index is 12.6. The quantitative estimate of drug-likeness (QED) is 0.800. The SMILES string of the molecule is CCCN(C1CNC1)S(=O)(=O)c1cc(Br)sc1Br. The molecule has 0 radical (unpaired) electrons. The van der Waals surface area contributed by atoms with Crippen LogP contribution < -0.4 is 5.32 Å². The molecule has 102 valence electrons. The van der Waals surface area contributed by atoms with Gasteiger partial charge in [-0.25, -0.2) is 8.42 Å². The number of hydrogen-bond acceptors (Lipinski definition) is 4. The van der Waals surface area contributed by atoms with Gasteiger partial charge in [0.2, 0.25) is 10.0 Å².